The van der Waals surface area contributed by atoms with E-state index in [4.69, 9.17) is 10.9 Å². The topological polar surface area (TPSA) is 70.6 Å². The van der Waals surface area contributed by atoms with Crippen molar-refractivity contribution >= 4 is 5.84 Å². The summed E-state index contributed by atoms with van der Waals surface area (Å²) in [6.45, 7) is 3.02. The van der Waals surface area contributed by atoms with Gasteiger partial charge in [0.2, 0.25) is 0 Å². The molecule has 20 heavy (non-hydrogen) atoms. The zero-order valence-corrected chi connectivity index (χ0v) is 12.1. The molecule has 3 unspecified atom stereocenters. The summed E-state index contributed by atoms with van der Waals surface area (Å²) in [4.78, 5) is 0. The molecule has 4 nitrogen and oxygen atoms in total. The summed E-state index contributed by atoms with van der Waals surface area (Å²) in [5.74, 6) is 0.898. The SMILES string of the molecule is CC1CCCCC1NCC(C(N)=NO)c1ccccc1. The van der Waals surface area contributed by atoms with Crippen LogP contribution >= 0.6 is 0 Å². The number of hydrogen-bond donors (Lipinski definition) is 3. The molecule has 1 saturated carbocycles. The summed E-state index contributed by atoms with van der Waals surface area (Å²) in [6, 6.07) is 10.5. The van der Waals surface area contributed by atoms with Gasteiger partial charge in [-0.1, -0.05) is 55.3 Å². The van der Waals surface area contributed by atoms with Crippen molar-refractivity contribution in [2.75, 3.05) is 6.54 Å². The lowest BCUT2D eigenvalue weighted by Gasteiger charge is -2.31. The summed E-state index contributed by atoms with van der Waals surface area (Å²) in [7, 11) is 0. The molecule has 110 valence electrons. The lowest BCUT2D eigenvalue weighted by Crippen LogP contribution is -2.41. The van der Waals surface area contributed by atoms with Crippen molar-refractivity contribution in [1.82, 2.24) is 5.32 Å². The van der Waals surface area contributed by atoms with Crippen molar-refractivity contribution in [2.45, 2.75) is 44.6 Å². The lowest BCUT2D eigenvalue weighted by molar-refractivity contribution is 0.279. The van der Waals surface area contributed by atoms with Crippen molar-refractivity contribution in [3.05, 3.63) is 35.9 Å². The van der Waals surface area contributed by atoms with Gasteiger partial charge in [0.05, 0.1) is 5.92 Å². The molecule has 1 aromatic rings. The fourth-order valence-corrected chi connectivity index (χ4v) is 3.04. The number of hydrogen-bond acceptors (Lipinski definition) is 3. The lowest BCUT2D eigenvalue weighted by atomic mass is 9.85. The zero-order chi connectivity index (χ0) is 14.4. The molecule has 3 atom stereocenters. The molecule has 1 aromatic carbocycles. The molecule has 0 aromatic heterocycles. The molecule has 4 heteroatoms. The molecule has 0 bridgehead atoms. The van der Waals surface area contributed by atoms with Crippen molar-refractivity contribution in [1.29, 1.82) is 0 Å². The normalized spacial score (nSPS) is 25.4. The van der Waals surface area contributed by atoms with Crippen LogP contribution in [0, 0.1) is 5.92 Å². The number of nitrogens with two attached hydrogens (primary N) is 1. The Kier molecular flexibility index (Phi) is 5.41. The quantitative estimate of drug-likeness (QED) is 0.335. The Bertz CT molecular complexity index is 433. The number of nitrogens with one attached hydrogen (secondary N) is 1. The molecule has 0 heterocycles. The average molecular weight is 275 g/mol. The Hall–Kier alpha value is -1.55. The van der Waals surface area contributed by atoms with E-state index in [-0.39, 0.29) is 11.8 Å². The minimum Gasteiger partial charge on any atom is -0.409 e. The summed E-state index contributed by atoms with van der Waals surface area (Å²) in [5.41, 5.74) is 6.94. The standard InChI is InChI=1S/C16H25N3O/c1-12-7-5-6-10-15(12)18-11-14(16(17)19-20)13-8-3-2-4-9-13/h2-4,8-9,12,14-15,18,20H,5-7,10-11H2,1H3,(H2,17,19). The predicted octanol–water partition coefficient (Wildman–Crippen LogP) is 2.68. The molecule has 0 radical (unpaired) electrons. The maximum Gasteiger partial charge on any atom is 0.147 e. The van der Waals surface area contributed by atoms with E-state index in [1.165, 1.54) is 25.7 Å². The highest BCUT2D eigenvalue weighted by molar-refractivity contribution is 5.87. The number of benzene rings is 1. The number of oxime groups is 1. The van der Waals surface area contributed by atoms with Crippen molar-refractivity contribution in [3.63, 3.8) is 0 Å². The smallest absolute Gasteiger partial charge is 0.147 e. The molecular formula is C16H25N3O. The second-order valence-electron chi connectivity index (χ2n) is 5.76. The third kappa shape index (κ3) is 3.73. The maximum absolute atomic E-state index is 8.99. The monoisotopic (exact) mass is 275 g/mol. The summed E-state index contributed by atoms with van der Waals surface area (Å²) in [5, 5.41) is 15.8. The number of nitrogens with zero attached hydrogens (tertiary/aromatic N) is 1. The predicted molar refractivity (Wildman–Crippen MR) is 82.0 cm³/mol. The minimum atomic E-state index is -0.0738. The van der Waals surface area contributed by atoms with Crippen LogP contribution in [0.1, 0.15) is 44.1 Å². The summed E-state index contributed by atoms with van der Waals surface area (Å²) >= 11 is 0. The highest BCUT2D eigenvalue weighted by atomic mass is 16.4. The summed E-state index contributed by atoms with van der Waals surface area (Å²) < 4.78 is 0. The fourth-order valence-electron chi connectivity index (χ4n) is 3.04. The first-order valence-electron chi connectivity index (χ1n) is 7.48. The first kappa shape index (κ1) is 14.9. The van der Waals surface area contributed by atoms with E-state index in [0.717, 1.165) is 12.1 Å². The molecule has 1 fully saturated rings. The van der Waals surface area contributed by atoms with Crippen LogP contribution in [0.5, 0.6) is 0 Å². The Morgan fingerprint density at radius 3 is 2.70 bits per heavy atom. The van der Waals surface area contributed by atoms with Crippen LogP contribution in [0.15, 0.2) is 35.5 Å². The molecule has 0 amide bonds. The van der Waals surface area contributed by atoms with Crippen LogP contribution in [-0.2, 0) is 0 Å². The molecule has 0 aliphatic heterocycles. The zero-order valence-electron chi connectivity index (χ0n) is 12.1. The van der Waals surface area contributed by atoms with E-state index in [9.17, 15) is 0 Å². The van der Waals surface area contributed by atoms with E-state index >= 15 is 0 Å². The first-order valence-corrected chi connectivity index (χ1v) is 7.48. The molecule has 4 N–H and O–H groups in total. The van der Waals surface area contributed by atoms with Crippen LogP contribution < -0.4 is 11.1 Å². The van der Waals surface area contributed by atoms with Gasteiger partial charge in [-0.25, -0.2) is 0 Å². The van der Waals surface area contributed by atoms with Crippen LogP contribution in [0.3, 0.4) is 0 Å². The van der Waals surface area contributed by atoms with E-state index < -0.39 is 0 Å². The van der Waals surface area contributed by atoms with Gasteiger partial charge < -0.3 is 16.3 Å². The minimum absolute atomic E-state index is 0.0738. The highest BCUT2D eigenvalue weighted by Gasteiger charge is 2.23. The molecule has 0 spiro atoms. The molecule has 0 saturated heterocycles. The van der Waals surface area contributed by atoms with Gasteiger partial charge in [0, 0.05) is 12.6 Å². The molecular weight excluding hydrogens is 250 g/mol. The average Bonchev–Trinajstić information content (AvgIpc) is 2.50. The van der Waals surface area contributed by atoms with Crippen molar-refractivity contribution in [2.24, 2.45) is 16.8 Å². The second kappa shape index (κ2) is 7.29. The van der Waals surface area contributed by atoms with Gasteiger partial charge in [0.25, 0.3) is 0 Å². The van der Waals surface area contributed by atoms with Crippen molar-refractivity contribution in [3.8, 4) is 0 Å². The van der Waals surface area contributed by atoms with Crippen LogP contribution in [0.25, 0.3) is 0 Å². The van der Waals surface area contributed by atoms with Crippen LogP contribution in [-0.4, -0.2) is 23.6 Å². The van der Waals surface area contributed by atoms with E-state index in [0.29, 0.717) is 12.0 Å². The van der Waals surface area contributed by atoms with Gasteiger partial charge >= 0.3 is 0 Å². The largest absolute Gasteiger partial charge is 0.409 e. The maximum atomic E-state index is 8.99. The van der Waals surface area contributed by atoms with E-state index in [2.05, 4.69) is 17.4 Å². The van der Waals surface area contributed by atoms with Crippen LogP contribution in [0.2, 0.25) is 0 Å². The number of amidine groups is 1. The summed E-state index contributed by atoms with van der Waals surface area (Å²) in [6.07, 6.45) is 5.14. The Morgan fingerprint density at radius 1 is 1.35 bits per heavy atom. The van der Waals surface area contributed by atoms with Gasteiger partial charge in [0.15, 0.2) is 0 Å². The van der Waals surface area contributed by atoms with Crippen molar-refractivity contribution < 1.29 is 5.21 Å². The van der Waals surface area contributed by atoms with E-state index in [1.807, 2.05) is 30.3 Å². The van der Waals surface area contributed by atoms with Gasteiger partial charge in [-0.3, -0.25) is 0 Å². The van der Waals surface area contributed by atoms with Gasteiger partial charge in [0.1, 0.15) is 5.84 Å². The fraction of sp³-hybridized carbons (Fsp3) is 0.562. The third-order valence-corrected chi connectivity index (χ3v) is 4.37. The molecule has 2 rings (SSSR count). The van der Waals surface area contributed by atoms with Gasteiger partial charge in [-0.15, -0.1) is 0 Å². The van der Waals surface area contributed by atoms with E-state index in [1.54, 1.807) is 0 Å². The Balaban J connectivity index is 2.02. The van der Waals surface area contributed by atoms with Gasteiger partial charge in [-0.05, 0) is 24.3 Å². The Morgan fingerprint density at radius 2 is 2.05 bits per heavy atom. The van der Waals surface area contributed by atoms with Crippen LogP contribution in [0.4, 0.5) is 0 Å². The Labute approximate surface area is 121 Å². The third-order valence-electron chi connectivity index (χ3n) is 4.37. The number of rotatable bonds is 5. The molecule has 1 aliphatic rings. The second-order valence-corrected chi connectivity index (χ2v) is 5.76. The van der Waals surface area contributed by atoms with Gasteiger partial charge in [-0.2, -0.15) is 0 Å². The highest BCUT2D eigenvalue weighted by Crippen LogP contribution is 2.24. The first-order chi connectivity index (χ1) is 9.72. The molecule has 1 aliphatic carbocycles.